The molecule has 2 aliphatic carbocycles. The van der Waals surface area contributed by atoms with E-state index in [2.05, 4.69) is 5.32 Å². The lowest BCUT2D eigenvalue weighted by molar-refractivity contribution is -0.139. The van der Waals surface area contributed by atoms with Gasteiger partial charge < -0.3 is 15.0 Å². The van der Waals surface area contributed by atoms with Crippen molar-refractivity contribution in [2.24, 2.45) is 5.41 Å². The molecule has 1 N–H and O–H groups in total. The minimum absolute atomic E-state index is 0.197. The summed E-state index contributed by atoms with van der Waals surface area (Å²) in [6.45, 7) is 5.56. The van der Waals surface area contributed by atoms with Gasteiger partial charge >= 0.3 is 6.09 Å². The molecule has 0 unspecified atom stereocenters. The van der Waals surface area contributed by atoms with E-state index in [1.54, 1.807) is 19.0 Å². The Kier molecular flexibility index (Phi) is 3.51. The van der Waals surface area contributed by atoms with Crippen LogP contribution in [0.25, 0.3) is 0 Å². The zero-order valence-electron chi connectivity index (χ0n) is 13.2. The zero-order valence-corrected chi connectivity index (χ0v) is 13.2. The molecule has 0 aromatic heterocycles. The number of fused-ring (bicyclic) bond motifs is 2. The Morgan fingerprint density at radius 1 is 1.10 bits per heavy atom. The minimum atomic E-state index is -0.492. The van der Waals surface area contributed by atoms with Crippen molar-refractivity contribution in [2.45, 2.75) is 64.0 Å². The van der Waals surface area contributed by atoms with Crippen LogP contribution in [0, 0.1) is 5.41 Å². The molecule has 20 heavy (non-hydrogen) atoms. The Morgan fingerprint density at radius 3 is 2.10 bits per heavy atom. The molecular weight excluding hydrogens is 256 g/mol. The molecule has 0 spiro atoms. The summed E-state index contributed by atoms with van der Waals surface area (Å²) in [6, 6.07) is 0. The molecule has 5 nitrogen and oxygen atoms in total. The van der Waals surface area contributed by atoms with Gasteiger partial charge in [0.05, 0.1) is 5.41 Å². The first-order valence-electron chi connectivity index (χ1n) is 7.31. The smallest absolute Gasteiger partial charge is 0.408 e. The van der Waals surface area contributed by atoms with Crippen LogP contribution in [0.3, 0.4) is 0 Å². The molecular formula is C15H26N2O3. The monoisotopic (exact) mass is 282 g/mol. The molecule has 2 aliphatic rings. The van der Waals surface area contributed by atoms with E-state index in [1.807, 2.05) is 20.8 Å². The van der Waals surface area contributed by atoms with Gasteiger partial charge in [0.1, 0.15) is 5.60 Å². The normalized spacial score (nSPS) is 32.0. The van der Waals surface area contributed by atoms with Crippen molar-refractivity contribution < 1.29 is 14.3 Å². The average Bonchev–Trinajstić information content (AvgIpc) is 2.81. The van der Waals surface area contributed by atoms with Crippen molar-refractivity contribution in [1.82, 2.24) is 10.2 Å². The molecule has 2 fully saturated rings. The van der Waals surface area contributed by atoms with Crippen molar-refractivity contribution in [3.8, 4) is 0 Å². The molecule has 2 amide bonds. The molecule has 114 valence electrons. The van der Waals surface area contributed by atoms with Crippen LogP contribution in [0.15, 0.2) is 0 Å². The molecule has 0 radical (unpaired) electrons. The van der Waals surface area contributed by atoms with Gasteiger partial charge in [-0.05, 0) is 52.9 Å². The maximum atomic E-state index is 12.4. The number of hydrogen-bond acceptors (Lipinski definition) is 3. The summed E-state index contributed by atoms with van der Waals surface area (Å²) >= 11 is 0. The topological polar surface area (TPSA) is 58.6 Å². The summed E-state index contributed by atoms with van der Waals surface area (Å²) in [5.41, 5.74) is -0.999. The SMILES string of the molecule is CN(C)C(=O)C12CCC(NC(=O)OC(C)(C)C)(CC1)C2. The number of ether oxygens (including phenoxy) is 1. The van der Waals surface area contributed by atoms with Gasteiger partial charge in [-0.1, -0.05) is 0 Å². The van der Waals surface area contributed by atoms with Crippen molar-refractivity contribution in [3.63, 3.8) is 0 Å². The molecule has 2 bridgehead atoms. The lowest BCUT2D eigenvalue weighted by Gasteiger charge is -2.30. The summed E-state index contributed by atoms with van der Waals surface area (Å²) in [5, 5.41) is 3.03. The molecule has 0 aromatic carbocycles. The largest absolute Gasteiger partial charge is 0.444 e. The number of nitrogens with one attached hydrogen (secondary N) is 1. The second-order valence-electron chi connectivity index (χ2n) is 7.56. The highest BCUT2D eigenvalue weighted by Gasteiger charge is 2.59. The number of rotatable bonds is 2. The van der Waals surface area contributed by atoms with E-state index in [9.17, 15) is 9.59 Å². The van der Waals surface area contributed by atoms with Crippen molar-refractivity contribution >= 4 is 12.0 Å². The molecule has 0 atom stereocenters. The predicted octanol–water partition coefficient (Wildman–Crippen LogP) is 2.30. The molecule has 2 rings (SSSR count). The average molecular weight is 282 g/mol. The van der Waals surface area contributed by atoms with E-state index < -0.39 is 5.60 Å². The van der Waals surface area contributed by atoms with Crippen LogP contribution in [0.2, 0.25) is 0 Å². The zero-order chi connectivity index (χ0) is 15.2. The fraction of sp³-hybridized carbons (Fsp3) is 0.867. The Hall–Kier alpha value is -1.26. The summed E-state index contributed by atoms with van der Waals surface area (Å²) in [5.74, 6) is 0.197. The van der Waals surface area contributed by atoms with Gasteiger partial charge in [-0.25, -0.2) is 4.79 Å². The van der Waals surface area contributed by atoms with Gasteiger partial charge in [0, 0.05) is 19.6 Å². The van der Waals surface area contributed by atoms with Crippen LogP contribution in [0.4, 0.5) is 4.79 Å². The van der Waals surface area contributed by atoms with Crippen molar-refractivity contribution in [3.05, 3.63) is 0 Å². The summed E-state index contributed by atoms with van der Waals surface area (Å²) in [6.07, 6.45) is 3.83. The predicted molar refractivity (Wildman–Crippen MR) is 76.3 cm³/mol. The number of amides is 2. The van der Waals surface area contributed by atoms with Crippen LogP contribution in [-0.4, -0.2) is 42.1 Å². The third-order valence-corrected chi connectivity index (χ3v) is 4.47. The first-order chi connectivity index (χ1) is 9.08. The highest BCUT2D eigenvalue weighted by Crippen LogP contribution is 2.57. The van der Waals surface area contributed by atoms with Gasteiger partial charge in [0.25, 0.3) is 0 Å². The molecule has 0 heterocycles. The third kappa shape index (κ3) is 2.76. The number of nitrogens with zero attached hydrogens (tertiary/aromatic N) is 1. The number of carbonyl (C=O) groups excluding carboxylic acids is 2. The summed E-state index contributed by atoms with van der Waals surface area (Å²) in [4.78, 5) is 26.0. The maximum absolute atomic E-state index is 12.4. The van der Waals surface area contributed by atoms with Gasteiger partial charge in [-0.15, -0.1) is 0 Å². The lowest BCUT2D eigenvalue weighted by atomic mass is 9.83. The Bertz CT molecular complexity index is 415. The third-order valence-electron chi connectivity index (χ3n) is 4.47. The molecule has 0 aliphatic heterocycles. The first-order valence-corrected chi connectivity index (χ1v) is 7.31. The Balaban J connectivity index is 2.02. The number of alkyl carbamates (subject to hydrolysis) is 1. The highest BCUT2D eigenvalue weighted by molar-refractivity contribution is 5.84. The van der Waals surface area contributed by atoms with Crippen LogP contribution >= 0.6 is 0 Å². The Morgan fingerprint density at radius 2 is 1.65 bits per heavy atom. The van der Waals surface area contributed by atoms with Crippen LogP contribution in [-0.2, 0) is 9.53 Å². The van der Waals surface area contributed by atoms with Gasteiger partial charge in [0.15, 0.2) is 0 Å². The lowest BCUT2D eigenvalue weighted by Crippen LogP contribution is -2.47. The van der Waals surface area contributed by atoms with Crippen LogP contribution in [0.1, 0.15) is 52.9 Å². The fourth-order valence-corrected chi connectivity index (χ4v) is 3.66. The van der Waals surface area contributed by atoms with E-state index in [1.165, 1.54) is 0 Å². The van der Waals surface area contributed by atoms with E-state index in [0.717, 1.165) is 32.1 Å². The van der Waals surface area contributed by atoms with Gasteiger partial charge in [-0.2, -0.15) is 0 Å². The fourth-order valence-electron chi connectivity index (χ4n) is 3.66. The standard InChI is InChI=1S/C15H26N2O3/c1-13(2,3)20-12(19)16-15-8-6-14(10-15,7-9-15)11(18)17(4)5/h6-10H2,1-5H3,(H,16,19). The molecule has 2 saturated carbocycles. The van der Waals surface area contributed by atoms with E-state index in [4.69, 9.17) is 4.74 Å². The number of carbonyl (C=O) groups is 2. The van der Waals surface area contributed by atoms with E-state index in [0.29, 0.717) is 0 Å². The second-order valence-corrected chi connectivity index (χ2v) is 7.56. The number of hydrogen-bond donors (Lipinski definition) is 1. The summed E-state index contributed by atoms with van der Waals surface area (Å²) < 4.78 is 5.34. The first kappa shape index (κ1) is 15.1. The van der Waals surface area contributed by atoms with Crippen molar-refractivity contribution in [1.29, 1.82) is 0 Å². The van der Waals surface area contributed by atoms with Gasteiger partial charge in [-0.3, -0.25) is 4.79 Å². The van der Waals surface area contributed by atoms with Crippen molar-refractivity contribution in [2.75, 3.05) is 14.1 Å². The van der Waals surface area contributed by atoms with E-state index in [-0.39, 0.29) is 23.0 Å². The quantitative estimate of drug-likeness (QED) is 0.845. The molecule has 5 heteroatoms. The van der Waals surface area contributed by atoms with Gasteiger partial charge in [0.2, 0.25) is 5.91 Å². The minimum Gasteiger partial charge on any atom is -0.444 e. The second kappa shape index (κ2) is 4.64. The van der Waals surface area contributed by atoms with Crippen LogP contribution in [0.5, 0.6) is 0 Å². The maximum Gasteiger partial charge on any atom is 0.408 e. The van der Waals surface area contributed by atoms with Crippen LogP contribution < -0.4 is 5.32 Å². The van der Waals surface area contributed by atoms with E-state index >= 15 is 0 Å². The Labute approximate surface area is 121 Å². The molecule has 0 saturated heterocycles. The molecule has 0 aromatic rings. The highest BCUT2D eigenvalue weighted by atomic mass is 16.6. The summed E-state index contributed by atoms with van der Waals surface area (Å²) in [7, 11) is 3.60.